The number of ether oxygens (including phenoxy) is 1. The Morgan fingerprint density at radius 3 is 2.36 bits per heavy atom. The van der Waals surface area contributed by atoms with E-state index in [9.17, 15) is 9.90 Å². The van der Waals surface area contributed by atoms with Crippen molar-refractivity contribution in [2.24, 2.45) is 5.10 Å². The lowest BCUT2D eigenvalue weighted by Gasteiger charge is -2.09. The molecule has 0 aromatic heterocycles. The lowest BCUT2D eigenvalue weighted by atomic mass is 10.1. The van der Waals surface area contributed by atoms with E-state index in [1.807, 2.05) is 30.3 Å². The monoisotopic (exact) mass is 298 g/mol. The van der Waals surface area contributed by atoms with Gasteiger partial charge < -0.3 is 9.84 Å². The normalized spacial score (nSPS) is 12.6. The second-order valence-electron chi connectivity index (χ2n) is 4.71. The van der Waals surface area contributed by atoms with E-state index >= 15 is 0 Å². The third kappa shape index (κ3) is 3.93. The molecule has 5 heteroatoms. The second kappa shape index (κ2) is 7.38. The second-order valence-corrected chi connectivity index (χ2v) is 4.71. The van der Waals surface area contributed by atoms with Gasteiger partial charge in [0.2, 0.25) is 0 Å². The van der Waals surface area contributed by atoms with Crippen LogP contribution in [0.15, 0.2) is 59.7 Å². The van der Waals surface area contributed by atoms with Gasteiger partial charge in [-0.05, 0) is 42.3 Å². The number of rotatable bonds is 5. The van der Waals surface area contributed by atoms with Gasteiger partial charge in [0.15, 0.2) is 6.10 Å². The van der Waals surface area contributed by atoms with E-state index in [1.165, 1.54) is 0 Å². The van der Waals surface area contributed by atoms with Gasteiger partial charge in [-0.15, -0.1) is 0 Å². The van der Waals surface area contributed by atoms with Crippen LogP contribution in [0.3, 0.4) is 0 Å². The predicted octanol–water partition coefficient (Wildman–Crippen LogP) is 2.27. The first-order valence-electron chi connectivity index (χ1n) is 6.83. The molecule has 0 aliphatic carbocycles. The highest BCUT2D eigenvalue weighted by Crippen LogP contribution is 2.13. The number of hydrogen-bond acceptors (Lipinski definition) is 4. The first kappa shape index (κ1) is 15.7. The Morgan fingerprint density at radius 1 is 1.14 bits per heavy atom. The molecule has 2 N–H and O–H groups in total. The quantitative estimate of drug-likeness (QED) is 0.657. The van der Waals surface area contributed by atoms with E-state index in [1.54, 1.807) is 38.3 Å². The van der Waals surface area contributed by atoms with Gasteiger partial charge in [-0.1, -0.05) is 30.3 Å². The van der Waals surface area contributed by atoms with E-state index in [4.69, 9.17) is 4.74 Å². The summed E-state index contributed by atoms with van der Waals surface area (Å²) in [6.45, 7) is 1.77. The molecule has 1 atom stereocenters. The summed E-state index contributed by atoms with van der Waals surface area (Å²) in [4.78, 5) is 11.9. The molecule has 0 aliphatic rings. The van der Waals surface area contributed by atoms with Crippen molar-refractivity contribution in [3.63, 3.8) is 0 Å². The average molecular weight is 298 g/mol. The number of hydrogen-bond donors (Lipinski definition) is 2. The summed E-state index contributed by atoms with van der Waals surface area (Å²) in [6.07, 6.45) is -1.24. The maximum atomic E-state index is 11.9. The van der Waals surface area contributed by atoms with E-state index in [0.29, 0.717) is 11.3 Å². The molecule has 0 fully saturated rings. The number of aliphatic hydroxyl groups is 1. The molecule has 2 aromatic rings. The van der Waals surface area contributed by atoms with Gasteiger partial charge in [0, 0.05) is 0 Å². The molecule has 2 rings (SSSR count). The van der Waals surface area contributed by atoms with Crippen LogP contribution in [0.2, 0.25) is 0 Å². The van der Waals surface area contributed by atoms with Crippen LogP contribution >= 0.6 is 0 Å². The molecule has 0 bridgehead atoms. The van der Waals surface area contributed by atoms with E-state index in [2.05, 4.69) is 10.5 Å². The minimum atomic E-state index is -1.24. The zero-order valence-corrected chi connectivity index (χ0v) is 12.5. The molecular weight excluding hydrogens is 280 g/mol. The van der Waals surface area contributed by atoms with Crippen LogP contribution in [-0.4, -0.2) is 23.8 Å². The van der Waals surface area contributed by atoms with Crippen LogP contribution in [0.25, 0.3) is 0 Å². The fourth-order valence-corrected chi connectivity index (χ4v) is 1.88. The standard InChI is InChI=1S/C17H18N2O3/c1-12(13-8-10-15(22-2)11-9-13)18-19-17(21)16(20)14-6-4-3-5-7-14/h3-11,16,20H,1-2H3,(H,19,21)/b18-12+. The SMILES string of the molecule is COc1ccc(/C(C)=N/NC(=O)C(O)c2ccccc2)cc1. The van der Waals surface area contributed by atoms with Gasteiger partial charge in [0.1, 0.15) is 5.75 Å². The van der Waals surface area contributed by atoms with Gasteiger partial charge in [-0.2, -0.15) is 5.10 Å². The molecule has 0 radical (unpaired) electrons. The Hall–Kier alpha value is -2.66. The third-order valence-electron chi connectivity index (χ3n) is 3.21. The molecule has 5 nitrogen and oxygen atoms in total. The molecule has 22 heavy (non-hydrogen) atoms. The first-order valence-corrected chi connectivity index (χ1v) is 6.83. The van der Waals surface area contributed by atoms with E-state index in [0.717, 1.165) is 11.3 Å². The van der Waals surface area contributed by atoms with Crippen molar-refractivity contribution in [3.05, 3.63) is 65.7 Å². The van der Waals surface area contributed by atoms with Crippen molar-refractivity contribution in [2.45, 2.75) is 13.0 Å². The minimum Gasteiger partial charge on any atom is -0.497 e. The van der Waals surface area contributed by atoms with Crippen molar-refractivity contribution in [1.82, 2.24) is 5.43 Å². The summed E-state index contributed by atoms with van der Waals surface area (Å²) >= 11 is 0. The van der Waals surface area contributed by atoms with Gasteiger partial charge >= 0.3 is 0 Å². The Balaban J connectivity index is 2.02. The van der Waals surface area contributed by atoms with Crippen molar-refractivity contribution >= 4 is 11.6 Å². The molecule has 0 saturated heterocycles. The smallest absolute Gasteiger partial charge is 0.273 e. The van der Waals surface area contributed by atoms with Crippen molar-refractivity contribution in [3.8, 4) is 5.75 Å². The molecule has 0 spiro atoms. The molecule has 2 aromatic carbocycles. The molecule has 114 valence electrons. The Kier molecular flexibility index (Phi) is 5.27. The van der Waals surface area contributed by atoms with E-state index in [-0.39, 0.29) is 0 Å². The van der Waals surface area contributed by atoms with Crippen LogP contribution in [0.4, 0.5) is 0 Å². The third-order valence-corrected chi connectivity index (χ3v) is 3.21. The lowest BCUT2D eigenvalue weighted by Crippen LogP contribution is -2.26. The summed E-state index contributed by atoms with van der Waals surface area (Å²) in [7, 11) is 1.60. The molecule has 1 amide bonds. The first-order chi connectivity index (χ1) is 10.6. The summed E-state index contributed by atoms with van der Waals surface area (Å²) in [5.74, 6) is 0.180. The highest BCUT2D eigenvalue weighted by Gasteiger charge is 2.16. The number of benzene rings is 2. The maximum absolute atomic E-state index is 11.9. The zero-order valence-electron chi connectivity index (χ0n) is 12.5. The van der Waals surface area contributed by atoms with Crippen LogP contribution in [0.1, 0.15) is 24.2 Å². The highest BCUT2D eigenvalue weighted by molar-refractivity contribution is 5.99. The average Bonchev–Trinajstić information content (AvgIpc) is 2.59. The Labute approximate surface area is 129 Å². The van der Waals surface area contributed by atoms with Crippen LogP contribution < -0.4 is 10.2 Å². The van der Waals surface area contributed by atoms with Crippen molar-refractivity contribution < 1.29 is 14.6 Å². The lowest BCUT2D eigenvalue weighted by molar-refractivity contribution is -0.129. The van der Waals surface area contributed by atoms with Crippen molar-refractivity contribution in [2.75, 3.05) is 7.11 Å². The fraction of sp³-hybridized carbons (Fsp3) is 0.176. The van der Waals surface area contributed by atoms with Crippen LogP contribution in [-0.2, 0) is 4.79 Å². The molecule has 1 unspecified atom stereocenters. The molecule has 0 heterocycles. The summed E-state index contributed by atoms with van der Waals surface area (Å²) < 4.78 is 5.08. The highest BCUT2D eigenvalue weighted by atomic mass is 16.5. The van der Waals surface area contributed by atoms with E-state index < -0.39 is 12.0 Å². The topological polar surface area (TPSA) is 70.9 Å². The van der Waals surface area contributed by atoms with Crippen LogP contribution in [0.5, 0.6) is 5.75 Å². The summed E-state index contributed by atoms with van der Waals surface area (Å²) in [5, 5.41) is 14.0. The maximum Gasteiger partial charge on any atom is 0.273 e. The molecule has 0 aliphatic heterocycles. The predicted molar refractivity (Wildman–Crippen MR) is 84.7 cm³/mol. The fourth-order valence-electron chi connectivity index (χ4n) is 1.88. The molecular formula is C17H18N2O3. The van der Waals surface area contributed by atoms with Gasteiger partial charge in [-0.25, -0.2) is 5.43 Å². The number of carbonyl (C=O) groups excluding carboxylic acids is 1. The Bertz CT molecular complexity index is 651. The number of hydrazone groups is 1. The number of nitrogens with one attached hydrogen (secondary N) is 1. The summed E-state index contributed by atoms with van der Waals surface area (Å²) in [6, 6.07) is 16.0. The van der Waals surface area contributed by atoms with Gasteiger partial charge in [0.05, 0.1) is 12.8 Å². The minimum absolute atomic E-state index is 0.525. The summed E-state index contributed by atoms with van der Waals surface area (Å²) in [5.41, 5.74) is 4.39. The van der Waals surface area contributed by atoms with Crippen LogP contribution in [0, 0.1) is 0 Å². The number of amides is 1. The van der Waals surface area contributed by atoms with Gasteiger partial charge in [-0.3, -0.25) is 4.79 Å². The number of methoxy groups -OCH3 is 1. The van der Waals surface area contributed by atoms with Crippen molar-refractivity contribution in [1.29, 1.82) is 0 Å². The molecule has 0 saturated carbocycles. The zero-order chi connectivity index (χ0) is 15.9. The van der Waals surface area contributed by atoms with Gasteiger partial charge in [0.25, 0.3) is 5.91 Å². The number of aliphatic hydroxyl groups excluding tert-OH is 1. The largest absolute Gasteiger partial charge is 0.497 e. The Morgan fingerprint density at radius 2 is 1.77 bits per heavy atom. The number of carbonyl (C=O) groups is 1. The number of nitrogens with zero attached hydrogens (tertiary/aromatic N) is 1.